The Morgan fingerprint density at radius 3 is 2.83 bits per heavy atom. The zero-order valence-corrected chi connectivity index (χ0v) is 15.2. The standard InChI is InChI=1S/C19H23NO3S/c1-4-7-14-10-18(24-13(14)2)19(21)20(3)11-15-12-22-16-8-5-6-9-17(16)23-15/h5-6,8-10,15H,4,7,11-12H2,1-3H3. The molecule has 5 heteroatoms. The molecule has 0 fully saturated rings. The first-order valence-corrected chi connectivity index (χ1v) is 9.13. The van der Waals surface area contributed by atoms with Crippen LogP contribution in [0.25, 0.3) is 0 Å². The number of hydrogen-bond donors (Lipinski definition) is 0. The van der Waals surface area contributed by atoms with Crippen molar-refractivity contribution in [3.8, 4) is 11.5 Å². The molecule has 3 rings (SSSR count). The van der Waals surface area contributed by atoms with Crippen molar-refractivity contribution in [3.05, 3.63) is 45.6 Å². The summed E-state index contributed by atoms with van der Waals surface area (Å²) in [6.07, 6.45) is 1.97. The molecule has 1 unspecified atom stereocenters. The molecule has 1 atom stereocenters. The van der Waals surface area contributed by atoms with E-state index < -0.39 is 0 Å². The lowest BCUT2D eigenvalue weighted by atomic mass is 10.1. The molecule has 128 valence electrons. The van der Waals surface area contributed by atoms with Crippen LogP contribution in [-0.4, -0.2) is 37.1 Å². The second-order valence-electron chi connectivity index (χ2n) is 6.13. The monoisotopic (exact) mass is 345 g/mol. The molecule has 1 aliphatic rings. The Labute approximate surface area is 147 Å². The molecular formula is C19H23NO3S. The second kappa shape index (κ2) is 7.26. The molecule has 0 aliphatic carbocycles. The number of rotatable bonds is 5. The molecule has 1 aromatic heterocycles. The fourth-order valence-electron chi connectivity index (χ4n) is 2.87. The van der Waals surface area contributed by atoms with Crippen LogP contribution in [0.15, 0.2) is 30.3 Å². The maximum Gasteiger partial charge on any atom is 0.263 e. The summed E-state index contributed by atoms with van der Waals surface area (Å²) in [6.45, 7) is 5.21. The Morgan fingerprint density at radius 2 is 2.08 bits per heavy atom. The van der Waals surface area contributed by atoms with Gasteiger partial charge in [0.15, 0.2) is 17.6 Å². The second-order valence-corrected chi connectivity index (χ2v) is 7.38. The first kappa shape index (κ1) is 16.8. The molecule has 0 N–H and O–H groups in total. The van der Waals surface area contributed by atoms with E-state index in [1.807, 2.05) is 37.4 Å². The molecule has 24 heavy (non-hydrogen) atoms. The number of para-hydroxylation sites is 2. The minimum atomic E-state index is -0.148. The third-order valence-electron chi connectivity index (χ3n) is 4.14. The van der Waals surface area contributed by atoms with Crippen molar-refractivity contribution >= 4 is 17.2 Å². The molecule has 1 aliphatic heterocycles. The van der Waals surface area contributed by atoms with E-state index in [-0.39, 0.29) is 12.0 Å². The molecule has 0 saturated carbocycles. The van der Waals surface area contributed by atoms with E-state index in [4.69, 9.17) is 9.47 Å². The summed E-state index contributed by atoms with van der Waals surface area (Å²) in [4.78, 5) is 16.4. The average Bonchev–Trinajstić information content (AvgIpc) is 2.95. The zero-order valence-electron chi connectivity index (χ0n) is 14.4. The number of amides is 1. The van der Waals surface area contributed by atoms with Crippen LogP contribution >= 0.6 is 11.3 Å². The van der Waals surface area contributed by atoms with Crippen molar-refractivity contribution < 1.29 is 14.3 Å². The Morgan fingerprint density at radius 1 is 1.33 bits per heavy atom. The van der Waals surface area contributed by atoms with Gasteiger partial charge in [0.05, 0.1) is 11.4 Å². The average molecular weight is 345 g/mol. The molecule has 1 amide bonds. The fourth-order valence-corrected chi connectivity index (χ4v) is 3.94. The van der Waals surface area contributed by atoms with Gasteiger partial charge in [-0.2, -0.15) is 0 Å². The molecule has 0 saturated heterocycles. The first-order chi connectivity index (χ1) is 11.6. The number of fused-ring (bicyclic) bond motifs is 1. The van der Waals surface area contributed by atoms with Gasteiger partial charge in [0.1, 0.15) is 6.61 Å². The minimum absolute atomic E-state index is 0.0490. The van der Waals surface area contributed by atoms with Crippen LogP contribution in [0.1, 0.15) is 33.5 Å². The fraction of sp³-hybridized carbons (Fsp3) is 0.421. The lowest BCUT2D eigenvalue weighted by Crippen LogP contribution is -2.41. The van der Waals surface area contributed by atoms with Crippen molar-refractivity contribution in [1.29, 1.82) is 0 Å². The van der Waals surface area contributed by atoms with Gasteiger partial charge in [0.2, 0.25) is 0 Å². The van der Waals surface area contributed by atoms with Gasteiger partial charge >= 0.3 is 0 Å². The quantitative estimate of drug-likeness (QED) is 0.824. The van der Waals surface area contributed by atoms with Crippen LogP contribution in [-0.2, 0) is 6.42 Å². The Hall–Kier alpha value is -2.01. The number of hydrogen-bond acceptors (Lipinski definition) is 4. The summed E-state index contributed by atoms with van der Waals surface area (Å²) in [5, 5.41) is 0. The van der Waals surface area contributed by atoms with Gasteiger partial charge in [-0.15, -0.1) is 11.3 Å². The Kier molecular flexibility index (Phi) is 5.09. The van der Waals surface area contributed by atoms with E-state index in [1.165, 1.54) is 10.4 Å². The molecule has 2 aromatic rings. The third-order valence-corrected chi connectivity index (χ3v) is 5.22. The molecular weight excluding hydrogens is 322 g/mol. The number of benzene rings is 1. The van der Waals surface area contributed by atoms with Crippen molar-refractivity contribution in [2.45, 2.75) is 32.8 Å². The lowest BCUT2D eigenvalue weighted by molar-refractivity contribution is 0.0524. The van der Waals surface area contributed by atoms with E-state index >= 15 is 0 Å². The topological polar surface area (TPSA) is 38.8 Å². The minimum Gasteiger partial charge on any atom is -0.486 e. The van der Waals surface area contributed by atoms with Crippen LogP contribution in [0.3, 0.4) is 0 Å². The van der Waals surface area contributed by atoms with E-state index in [0.29, 0.717) is 13.2 Å². The third kappa shape index (κ3) is 3.56. The van der Waals surface area contributed by atoms with Crippen LogP contribution in [0.4, 0.5) is 0 Å². The largest absolute Gasteiger partial charge is 0.486 e. The number of carbonyl (C=O) groups excluding carboxylic acids is 1. The predicted molar refractivity (Wildman–Crippen MR) is 96.4 cm³/mol. The van der Waals surface area contributed by atoms with Crippen molar-refractivity contribution in [1.82, 2.24) is 4.90 Å². The summed E-state index contributed by atoms with van der Waals surface area (Å²) in [5.74, 6) is 1.56. The van der Waals surface area contributed by atoms with Gasteiger partial charge in [-0.1, -0.05) is 25.5 Å². The van der Waals surface area contributed by atoms with Crippen LogP contribution in [0, 0.1) is 6.92 Å². The van der Waals surface area contributed by atoms with Crippen molar-refractivity contribution in [2.75, 3.05) is 20.2 Å². The van der Waals surface area contributed by atoms with E-state index in [9.17, 15) is 4.79 Å². The highest BCUT2D eigenvalue weighted by Crippen LogP contribution is 2.31. The molecule has 1 aromatic carbocycles. The predicted octanol–water partition coefficient (Wildman–Crippen LogP) is 3.92. The summed E-state index contributed by atoms with van der Waals surface area (Å²) < 4.78 is 11.7. The highest BCUT2D eigenvalue weighted by Gasteiger charge is 2.25. The molecule has 0 spiro atoms. The zero-order chi connectivity index (χ0) is 17.1. The molecule has 0 radical (unpaired) electrons. The number of carbonyl (C=O) groups is 1. The smallest absolute Gasteiger partial charge is 0.263 e. The van der Waals surface area contributed by atoms with Gasteiger partial charge in [-0.25, -0.2) is 0 Å². The first-order valence-electron chi connectivity index (χ1n) is 8.31. The summed E-state index contributed by atoms with van der Waals surface area (Å²) in [6, 6.07) is 9.66. The normalized spacial score (nSPS) is 16.0. The molecule has 4 nitrogen and oxygen atoms in total. The van der Waals surface area contributed by atoms with Gasteiger partial charge in [0, 0.05) is 11.9 Å². The van der Waals surface area contributed by atoms with E-state index in [1.54, 1.807) is 16.2 Å². The van der Waals surface area contributed by atoms with Crippen molar-refractivity contribution in [3.63, 3.8) is 0 Å². The summed E-state index contributed by atoms with van der Waals surface area (Å²) in [7, 11) is 1.82. The SMILES string of the molecule is CCCc1cc(C(=O)N(C)CC2COc3ccccc3O2)sc1C. The van der Waals surface area contributed by atoms with Gasteiger partial charge in [0.25, 0.3) is 5.91 Å². The Balaban J connectivity index is 1.64. The van der Waals surface area contributed by atoms with E-state index in [0.717, 1.165) is 29.2 Å². The number of nitrogens with zero attached hydrogens (tertiary/aromatic N) is 1. The van der Waals surface area contributed by atoms with Gasteiger partial charge in [-0.05, 0) is 37.1 Å². The molecule has 0 bridgehead atoms. The lowest BCUT2D eigenvalue weighted by Gasteiger charge is -2.29. The number of ether oxygens (including phenoxy) is 2. The highest BCUT2D eigenvalue weighted by molar-refractivity contribution is 7.14. The highest BCUT2D eigenvalue weighted by atomic mass is 32.1. The molecule has 2 heterocycles. The number of aryl methyl sites for hydroxylation is 2. The van der Waals surface area contributed by atoms with Crippen LogP contribution < -0.4 is 9.47 Å². The maximum absolute atomic E-state index is 12.7. The van der Waals surface area contributed by atoms with Crippen LogP contribution in [0.2, 0.25) is 0 Å². The summed E-state index contributed by atoms with van der Waals surface area (Å²) in [5.41, 5.74) is 1.28. The Bertz CT molecular complexity index is 725. The van der Waals surface area contributed by atoms with Crippen molar-refractivity contribution in [2.24, 2.45) is 0 Å². The van der Waals surface area contributed by atoms with Crippen LogP contribution in [0.5, 0.6) is 11.5 Å². The van der Waals surface area contributed by atoms with Gasteiger partial charge < -0.3 is 14.4 Å². The number of thiophene rings is 1. The van der Waals surface area contributed by atoms with E-state index in [2.05, 4.69) is 13.8 Å². The summed E-state index contributed by atoms with van der Waals surface area (Å²) >= 11 is 1.58. The van der Waals surface area contributed by atoms with Gasteiger partial charge in [-0.3, -0.25) is 4.79 Å². The maximum atomic E-state index is 12.7. The number of likely N-dealkylation sites (N-methyl/N-ethyl adjacent to an activating group) is 1.